The molecule has 0 spiro atoms. The molecule has 16 heavy (non-hydrogen) atoms. The highest BCUT2D eigenvalue weighted by atomic mass is 16.5. The molecule has 1 amide bonds. The van der Waals surface area contributed by atoms with Crippen molar-refractivity contribution < 1.29 is 14.3 Å². The van der Waals surface area contributed by atoms with Crippen LogP contribution in [0.15, 0.2) is 0 Å². The smallest absolute Gasteiger partial charge is 0.251 e. The summed E-state index contributed by atoms with van der Waals surface area (Å²) in [5.41, 5.74) is 5.50. The van der Waals surface area contributed by atoms with E-state index in [9.17, 15) is 9.59 Å². The number of ketones is 1. The standard InChI is InChI=1S/C11H18N2O3/c12-7-9-1-2-10(16-9)11(15)13-5-3-8(14)4-6-13/h9-10H,1-7,12H2. The molecule has 2 aliphatic heterocycles. The van der Waals surface area contributed by atoms with Crippen molar-refractivity contribution in [3.63, 3.8) is 0 Å². The number of nitrogens with two attached hydrogens (primary N) is 1. The molecule has 0 aromatic carbocycles. The van der Waals surface area contributed by atoms with Gasteiger partial charge in [-0.1, -0.05) is 0 Å². The van der Waals surface area contributed by atoms with Gasteiger partial charge in [0, 0.05) is 32.5 Å². The van der Waals surface area contributed by atoms with Crippen LogP contribution in [0.3, 0.4) is 0 Å². The summed E-state index contributed by atoms with van der Waals surface area (Å²) in [6, 6.07) is 0. The molecule has 90 valence electrons. The van der Waals surface area contributed by atoms with Gasteiger partial charge in [0.25, 0.3) is 5.91 Å². The Labute approximate surface area is 94.9 Å². The van der Waals surface area contributed by atoms with Gasteiger partial charge in [0.05, 0.1) is 6.10 Å². The highest BCUT2D eigenvalue weighted by molar-refractivity contribution is 5.85. The van der Waals surface area contributed by atoms with E-state index < -0.39 is 0 Å². The molecule has 0 bridgehead atoms. The Kier molecular flexibility index (Phi) is 3.56. The monoisotopic (exact) mass is 226 g/mol. The minimum absolute atomic E-state index is 0.0281. The average Bonchev–Trinajstić information content (AvgIpc) is 2.77. The number of hydrogen-bond donors (Lipinski definition) is 1. The topological polar surface area (TPSA) is 72.6 Å². The lowest BCUT2D eigenvalue weighted by Crippen LogP contribution is -2.44. The SMILES string of the molecule is NCC1CCC(C(=O)N2CCC(=O)CC2)O1. The lowest BCUT2D eigenvalue weighted by atomic mass is 10.1. The summed E-state index contributed by atoms with van der Waals surface area (Å²) in [7, 11) is 0. The molecule has 2 saturated heterocycles. The molecule has 5 nitrogen and oxygen atoms in total. The van der Waals surface area contributed by atoms with Crippen LogP contribution in [0.2, 0.25) is 0 Å². The number of likely N-dealkylation sites (tertiary alicyclic amines) is 1. The number of ether oxygens (including phenoxy) is 1. The van der Waals surface area contributed by atoms with Gasteiger partial charge in [-0.2, -0.15) is 0 Å². The van der Waals surface area contributed by atoms with Crippen molar-refractivity contribution in [2.75, 3.05) is 19.6 Å². The molecule has 0 radical (unpaired) electrons. The number of piperidine rings is 1. The van der Waals surface area contributed by atoms with Gasteiger partial charge in [-0.3, -0.25) is 9.59 Å². The molecule has 2 N–H and O–H groups in total. The molecule has 2 atom stereocenters. The largest absolute Gasteiger partial charge is 0.364 e. The lowest BCUT2D eigenvalue weighted by Gasteiger charge is -2.28. The second kappa shape index (κ2) is 4.93. The van der Waals surface area contributed by atoms with E-state index >= 15 is 0 Å². The van der Waals surface area contributed by atoms with E-state index in [4.69, 9.17) is 10.5 Å². The van der Waals surface area contributed by atoms with Crippen LogP contribution < -0.4 is 5.73 Å². The number of Topliss-reactive ketones (excluding diaryl/α,β-unsaturated/α-hetero) is 1. The number of amides is 1. The zero-order chi connectivity index (χ0) is 11.5. The molecule has 2 fully saturated rings. The molecule has 0 aromatic rings. The molecular formula is C11H18N2O3. The van der Waals surface area contributed by atoms with Crippen molar-refractivity contribution >= 4 is 11.7 Å². The second-order valence-electron chi connectivity index (χ2n) is 4.42. The van der Waals surface area contributed by atoms with Crippen LogP contribution in [0.1, 0.15) is 25.7 Å². The van der Waals surface area contributed by atoms with E-state index in [1.165, 1.54) is 0 Å². The Morgan fingerprint density at radius 2 is 2.06 bits per heavy atom. The van der Waals surface area contributed by atoms with Gasteiger partial charge in [-0.15, -0.1) is 0 Å². The first-order valence-electron chi connectivity index (χ1n) is 5.86. The maximum absolute atomic E-state index is 12.0. The van der Waals surface area contributed by atoms with E-state index in [1.54, 1.807) is 4.90 Å². The number of carbonyl (C=O) groups excluding carboxylic acids is 2. The zero-order valence-corrected chi connectivity index (χ0v) is 9.35. The fraction of sp³-hybridized carbons (Fsp3) is 0.818. The van der Waals surface area contributed by atoms with Crippen molar-refractivity contribution in [2.24, 2.45) is 5.73 Å². The predicted octanol–water partition coefficient (Wildman–Crippen LogP) is -0.316. The first-order chi connectivity index (χ1) is 7.70. The van der Waals surface area contributed by atoms with E-state index in [0.717, 1.165) is 12.8 Å². The van der Waals surface area contributed by atoms with Crippen molar-refractivity contribution in [2.45, 2.75) is 37.9 Å². The fourth-order valence-corrected chi connectivity index (χ4v) is 2.24. The van der Waals surface area contributed by atoms with Crippen LogP contribution >= 0.6 is 0 Å². The first-order valence-corrected chi connectivity index (χ1v) is 5.86. The van der Waals surface area contributed by atoms with Gasteiger partial charge in [0.15, 0.2) is 0 Å². The van der Waals surface area contributed by atoms with Gasteiger partial charge < -0.3 is 15.4 Å². The van der Waals surface area contributed by atoms with E-state index in [1.807, 2.05) is 0 Å². The van der Waals surface area contributed by atoms with Gasteiger partial charge in [0.1, 0.15) is 11.9 Å². The van der Waals surface area contributed by atoms with E-state index in [0.29, 0.717) is 32.5 Å². The zero-order valence-electron chi connectivity index (χ0n) is 9.35. The first kappa shape index (κ1) is 11.5. The molecule has 2 unspecified atom stereocenters. The molecule has 2 heterocycles. The van der Waals surface area contributed by atoms with Gasteiger partial charge in [0.2, 0.25) is 0 Å². The molecule has 2 rings (SSSR count). The third-order valence-corrected chi connectivity index (χ3v) is 3.28. The average molecular weight is 226 g/mol. The fourth-order valence-electron chi connectivity index (χ4n) is 2.24. The summed E-state index contributed by atoms with van der Waals surface area (Å²) in [5, 5.41) is 0. The van der Waals surface area contributed by atoms with Crippen molar-refractivity contribution in [1.29, 1.82) is 0 Å². The molecule has 0 aliphatic carbocycles. The minimum Gasteiger partial charge on any atom is -0.364 e. The Hall–Kier alpha value is -0.940. The number of carbonyl (C=O) groups is 2. The van der Waals surface area contributed by atoms with E-state index in [-0.39, 0.29) is 23.9 Å². The van der Waals surface area contributed by atoms with Crippen molar-refractivity contribution in [1.82, 2.24) is 4.90 Å². The highest BCUT2D eigenvalue weighted by Gasteiger charge is 2.33. The lowest BCUT2D eigenvalue weighted by molar-refractivity contribution is -0.144. The maximum Gasteiger partial charge on any atom is 0.251 e. The van der Waals surface area contributed by atoms with Crippen LogP contribution in [-0.4, -0.2) is 48.4 Å². The molecular weight excluding hydrogens is 208 g/mol. The van der Waals surface area contributed by atoms with Gasteiger partial charge in [-0.25, -0.2) is 0 Å². The van der Waals surface area contributed by atoms with Gasteiger partial charge >= 0.3 is 0 Å². The van der Waals surface area contributed by atoms with Gasteiger partial charge in [-0.05, 0) is 12.8 Å². The molecule has 0 saturated carbocycles. The quantitative estimate of drug-likeness (QED) is 0.700. The Balaban J connectivity index is 1.86. The number of hydrogen-bond acceptors (Lipinski definition) is 4. The highest BCUT2D eigenvalue weighted by Crippen LogP contribution is 2.21. The normalized spacial score (nSPS) is 30.8. The molecule has 2 aliphatic rings. The predicted molar refractivity (Wildman–Crippen MR) is 57.8 cm³/mol. The van der Waals surface area contributed by atoms with E-state index in [2.05, 4.69) is 0 Å². The van der Waals surface area contributed by atoms with Crippen LogP contribution in [0, 0.1) is 0 Å². The summed E-state index contributed by atoms with van der Waals surface area (Å²) in [6.45, 7) is 1.57. The third kappa shape index (κ3) is 2.41. The van der Waals surface area contributed by atoms with Crippen molar-refractivity contribution in [3.8, 4) is 0 Å². The summed E-state index contributed by atoms with van der Waals surface area (Å²) in [5.74, 6) is 0.277. The third-order valence-electron chi connectivity index (χ3n) is 3.28. The maximum atomic E-state index is 12.0. The molecule has 5 heteroatoms. The molecule has 0 aromatic heterocycles. The minimum atomic E-state index is -0.332. The number of nitrogens with zero attached hydrogens (tertiary/aromatic N) is 1. The van der Waals surface area contributed by atoms with Crippen LogP contribution in [0.4, 0.5) is 0 Å². The Bertz CT molecular complexity index is 283. The van der Waals surface area contributed by atoms with Crippen LogP contribution in [0.25, 0.3) is 0 Å². The Morgan fingerprint density at radius 1 is 1.38 bits per heavy atom. The number of rotatable bonds is 2. The summed E-state index contributed by atoms with van der Waals surface area (Å²) >= 11 is 0. The Morgan fingerprint density at radius 3 is 2.62 bits per heavy atom. The van der Waals surface area contributed by atoms with Crippen LogP contribution in [0.5, 0.6) is 0 Å². The summed E-state index contributed by atoms with van der Waals surface area (Å²) in [6.07, 6.45) is 2.28. The summed E-state index contributed by atoms with van der Waals surface area (Å²) in [4.78, 5) is 24.8. The van der Waals surface area contributed by atoms with Crippen molar-refractivity contribution in [3.05, 3.63) is 0 Å². The second-order valence-corrected chi connectivity index (χ2v) is 4.42. The summed E-state index contributed by atoms with van der Waals surface area (Å²) < 4.78 is 5.55. The van der Waals surface area contributed by atoms with Crippen LogP contribution in [-0.2, 0) is 14.3 Å².